The molecule has 0 aliphatic carbocycles. The molecular formula is C17H35N5O2. The van der Waals surface area contributed by atoms with Gasteiger partial charge in [-0.05, 0) is 48.5 Å². The van der Waals surface area contributed by atoms with Crippen LogP contribution in [0.2, 0.25) is 0 Å². The quantitative estimate of drug-likeness (QED) is 0.347. The molecule has 140 valence electrons. The summed E-state index contributed by atoms with van der Waals surface area (Å²) >= 11 is 0. The van der Waals surface area contributed by atoms with E-state index in [9.17, 15) is 0 Å². The predicted octanol–water partition coefficient (Wildman–Crippen LogP) is 2.99. The molecule has 0 amide bonds. The van der Waals surface area contributed by atoms with Gasteiger partial charge in [-0.3, -0.25) is 5.84 Å². The lowest BCUT2D eigenvalue weighted by Gasteiger charge is -2.25. The molecule has 0 fully saturated rings. The highest BCUT2D eigenvalue weighted by molar-refractivity contribution is 5.90. The van der Waals surface area contributed by atoms with Crippen LogP contribution in [-0.2, 0) is 9.47 Å². The molecule has 0 bridgehead atoms. The van der Waals surface area contributed by atoms with Crippen molar-refractivity contribution in [3.8, 4) is 0 Å². The lowest BCUT2D eigenvalue weighted by atomic mass is 10.2. The van der Waals surface area contributed by atoms with Crippen molar-refractivity contribution in [1.29, 1.82) is 0 Å². The van der Waals surface area contributed by atoms with Crippen molar-refractivity contribution in [2.75, 3.05) is 7.05 Å². The van der Waals surface area contributed by atoms with Crippen LogP contribution >= 0.6 is 0 Å². The highest BCUT2D eigenvalue weighted by Gasteiger charge is 2.19. The number of amidine groups is 1. The molecular weight excluding hydrogens is 306 g/mol. The number of rotatable bonds is 5. The number of hydrazine groups is 1. The molecule has 1 atom stereocenters. The van der Waals surface area contributed by atoms with Gasteiger partial charge < -0.3 is 19.8 Å². The van der Waals surface area contributed by atoms with Gasteiger partial charge in [-0.15, -0.1) is 0 Å². The number of nitrogens with two attached hydrogens (primary N) is 1. The van der Waals surface area contributed by atoms with E-state index in [1.165, 1.54) is 0 Å². The van der Waals surface area contributed by atoms with Crippen molar-refractivity contribution in [2.24, 2.45) is 15.8 Å². The van der Waals surface area contributed by atoms with E-state index in [2.05, 4.69) is 15.4 Å². The van der Waals surface area contributed by atoms with Gasteiger partial charge in [-0.25, -0.2) is 4.99 Å². The molecule has 1 unspecified atom stereocenters. The summed E-state index contributed by atoms with van der Waals surface area (Å²) < 4.78 is 11.8. The number of hydrogen-bond acceptors (Lipinski definition) is 6. The van der Waals surface area contributed by atoms with Crippen LogP contribution in [0.1, 0.15) is 61.8 Å². The van der Waals surface area contributed by atoms with E-state index in [1.54, 1.807) is 12.4 Å². The van der Waals surface area contributed by atoms with Crippen molar-refractivity contribution >= 4 is 11.9 Å². The van der Waals surface area contributed by atoms with Crippen LogP contribution in [0, 0.1) is 0 Å². The second kappa shape index (κ2) is 9.52. The molecule has 0 saturated heterocycles. The Labute approximate surface area is 147 Å². The Morgan fingerprint density at radius 2 is 1.71 bits per heavy atom. The monoisotopic (exact) mass is 341 g/mol. The number of aliphatic imine (C=N–C) groups is 2. The minimum atomic E-state index is -0.407. The lowest BCUT2D eigenvalue weighted by Crippen LogP contribution is -2.30. The third-order valence-electron chi connectivity index (χ3n) is 2.64. The Kier molecular flexibility index (Phi) is 8.82. The summed E-state index contributed by atoms with van der Waals surface area (Å²) in [6, 6.07) is 0.303. The molecule has 0 rings (SSSR count). The molecule has 0 aromatic heterocycles. The van der Waals surface area contributed by atoms with Gasteiger partial charge >= 0.3 is 6.02 Å². The van der Waals surface area contributed by atoms with E-state index in [1.807, 2.05) is 67.3 Å². The highest BCUT2D eigenvalue weighted by Crippen LogP contribution is 2.13. The minimum Gasteiger partial charge on any atom is -0.475 e. The van der Waals surface area contributed by atoms with E-state index in [0.717, 1.165) is 0 Å². The first-order valence-corrected chi connectivity index (χ1v) is 8.26. The Bertz CT molecular complexity index is 459. The fraction of sp³-hybridized carbons (Fsp3) is 0.765. The Morgan fingerprint density at radius 1 is 1.17 bits per heavy atom. The molecule has 24 heavy (non-hydrogen) atoms. The number of nitrogens with zero attached hydrogens (tertiary/aromatic N) is 3. The molecule has 0 spiro atoms. The van der Waals surface area contributed by atoms with E-state index >= 15 is 0 Å². The molecule has 0 heterocycles. The van der Waals surface area contributed by atoms with Crippen molar-refractivity contribution in [3.05, 3.63) is 12.4 Å². The average molecular weight is 342 g/mol. The smallest absolute Gasteiger partial charge is 0.317 e. The van der Waals surface area contributed by atoms with Gasteiger partial charge in [0.2, 0.25) is 0 Å². The van der Waals surface area contributed by atoms with Gasteiger partial charge in [-0.2, -0.15) is 4.99 Å². The number of ether oxygens (including phenoxy) is 2. The summed E-state index contributed by atoms with van der Waals surface area (Å²) in [4.78, 5) is 11.0. The predicted molar refractivity (Wildman–Crippen MR) is 101 cm³/mol. The number of hydrogen-bond donors (Lipinski definition) is 2. The van der Waals surface area contributed by atoms with E-state index in [4.69, 9.17) is 15.3 Å². The summed E-state index contributed by atoms with van der Waals surface area (Å²) in [5.41, 5.74) is 1.74. The largest absolute Gasteiger partial charge is 0.475 e. The standard InChI is InChI=1S/C17H35N5O2/c1-10-14(23-16(3,4)5)21-15(24-17(6,7)8)20-13(2)22(9)12-11-19-18/h11-13,19H,10,18H2,1-9H3/b12-11-,20-15?,21-14?. The third-order valence-corrected chi connectivity index (χ3v) is 2.64. The van der Waals surface area contributed by atoms with Crippen LogP contribution in [-0.4, -0.2) is 41.2 Å². The summed E-state index contributed by atoms with van der Waals surface area (Å²) in [5.74, 6) is 5.84. The maximum Gasteiger partial charge on any atom is 0.317 e. The summed E-state index contributed by atoms with van der Waals surface area (Å²) in [6.07, 6.45) is 3.90. The minimum absolute atomic E-state index is 0.177. The van der Waals surface area contributed by atoms with E-state index < -0.39 is 5.60 Å². The SMILES string of the molecule is CCC(=NC(=NC(C)N(C)/C=C\NN)OC(C)(C)C)OC(C)(C)C. The van der Waals surface area contributed by atoms with E-state index in [0.29, 0.717) is 18.3 Å². The lowest BCUT2D eigenvalue weighted by molar-refractivity contribution is 0.104. The van der Waals surface area contributed by atoms with Crippen LogP contribution in [0.25, 0.3) is 0 Å². The first-order valence-electron chi connectivity index (χ1n) is 8.26. The van der Waals surface area contributed by atoms with Crippen molar-refractivity contribution in [3.63, 3.8) is 0 Å². The van der Waals surface area contributed by atoms with Crippen molar-refractivity contribution in [1.82, 2.24) is 10.3 Å². The topological polar surface area (TPSA) is 84.5 Å². The molecule has 0 radical (unpaired) electrons. The molecule has 7 heteroatoms. The fourth-order valence-corrected chi connectivity index (χ4v) is 1.52. The van der Waals surface area contributed by atoms with Gasteiger partial charge in [0.05, 0.1) is 0 Å². The first-order chi connectivity index (χ1) is 10.9. The average Bonchev–Trinajstić information content (AvgIpc) is 2.40. The van der Waals surface area contributed by atoms with Crippen LogP contribution in [0.4, 0.5) is 0 Å². The second-order valence-electron chi connectivity index (χ2n) is 7.48. The zero-order valence-electron chi connectivity index (χ0n) is 16.7. The first kappa shape index (κ1) is 22.2. The normalized spacial score (nSPS) is 15.4. The van der Waals surface area contributed by atoms with Gasteiger partial charge in [-0.1, -0.05) is 6.92 Å². The van der Waals surface area contributed by atoms with Crippen LogP contribution in [0.3, 0.4) is 0 Å². The van der Waals surface area contributed by atoms with Crippen LogP contribution in [0.15, 0.2) is 22.4 Å². The molecule has 0 aliphatic rings. The maximum absolute atomic E-state index is 5.90. The molecule has 0 aromatic carbocycles. The van der Waals surface area contributed by atoms with Crippen molar-refractivity contribution < 1.29 is 9.47 Å². The zero-order valence-corrected chi connectivity index (χ0v) is 16.7. The highest BCUT2D eigenvalue weighted by atomic mass is 16.5. The molecule has 7 nitrogen and oxygen atoms in total. The molecule has 0 aromatic rings. The zero-order chi connectivity index (χ0) is 19.0. The van der Waals surface area contributed by atoms with Gasteiger partial charge in [0.25, 0.3) is 0 Å². The van der Waals surface area contributed by atoms with Crippen LogP contribution < -0.4 is 11.3 Å². The summed E-state index contributed by atoms with van der Waals surface area (Å²) in [7, 11) is 1.90. The number of nitrogens with one attached hydrogen (secondary N) is 1. The Balaban J connectivity index is 5.50. The summed E-state index contributed by atoms with van der Waals surface area (Å²) in [6.45, 7) is 15.8. The molecule has 0 saturated carbocycles. The third kappa shape index (κ3) is 10.9. The van der Waals surface area contributed by atoms with Crippen molar-refractivity contribution in [2.45, 2.75) is 79.2 Å². The summed E-state index contributed by atoms with van der Waals surface area (Å²) in [5, 5.41) is 0. The van der Waals surface area contributed by atoms with E-state index in [-0.39, 0.29) is 11.8 Å². The molecule has 0 aliphatic heterocycles. The Morgan fingerprint density at radius 3 is 2.12 bits per heavy atom. The van der Waals surface area contributed by atoms with Gasteiger partial charge in [0.15, 0.2) is 5.90 Å². The second-order valence-corrected chi connectivity index (χ2v) is 7.48. The Hall–Kier alpha value is -1.76. The van der Waals surface area contributed by atoms with Gasteiger partial charge in [0, 0.05) is 25.9 Å². The van der Waals surface area contributed by atoms with Crippen LogP contribution in [0.5, 0.6) is 0 Å². The maximum atomic E-state index is 5.90. The van der Waals surface area contributed by atoms with Gasteiger partial charge in [0.1, 0.15) is 17.4 Å². The molecule has 3 N–H and O–H groups in total. The fourth-order valence-electron chi connectivity index (χ4n) is 1.52.